The molecule has 0 fully saturated rings. The van der Waals surface area contributed by atoms with Gasteiger partial charge in [-0.1, -0.05) is 24.3 Å². The van der Waals surface area contributed by atoms with E-state index in [2.05, 4.69) is 0 Å². The van der Waals surface area contributed by atoms with E-state index in [1.54, 1.807) is 12.1 Å². The lowest BCUT2D eigenvalue weighted by atomic mass is 9.78. The number of carbonyl (C=O) groups is 2. The Kier molecular flexibility index (Phi) is 2.30. The lowest BCUT2D eigenvalue weighted by Crippen LogP contribution is -2.25. The highest BCUT2D eigenvalue weighted by Gasteiger charge is 2.30. The third-order valence-corrected chi connectivity index (χ3v) is 2.97. The van der Waals surface area contributed by atoms with Gasteiger partial charge in [-0.15, -0.1) is 0 Å². The van der Waals surface area contributed by atoms with Crippen molar-refractivity contribution in [2.45, 2.75) is 20.8 Å². The average Bonchev–Trinajstić information content (AvgIpc) is 2.23. The van der Waals surface area contributed by atoms with Crippen molar-refractivity contribution in [3.8, 4) is 0 Å². The summed E-state index contributed by atoms with van der Waals surface area (Å²) >= 11 is 0. The summed E-state index contributed by atoms with van der Waals surface area (Å²) in [5, 5.41) is 0. The number of benzene rings is 1. The Morgan fingerprint density at radius 2 is 1.94 bits per heavy atom. The fourth-order valence-electron chi connectivity index (χ4n) is 1.84. The van der Waals surface area contributed by atoms with Crippen LogP contribution in [0, 0.1) is 5.41 Å². The summed E-state index contributed by atoms with van der Waals surface area (Å²) in [5.74, 6) is 0.0658. The van der Waals surface area contributed by atoms with Crippen LogP contribution < -0.4 is 0 Å². The standard InChI is InChI=1S/C14H14O2/c1-9(15)11-5-4-10-6-7-14(2,3)13(16)12(10)8-11/h4-8H,1-3H3. The molecule has 1 aliphatic rings. The van der Waals surface area contributed by atoms with E-state index in [0.29, 0.717) is 11.1 Å². The second-order valence-corrected chi connectivity index (χ2v) is 4.74. The van der Waals surface area contributed by atoms with E-state index >= 15 is 0 Å². The van der Waals surface area contributed by atoms with Crippen molar-refractivity contribution in [2.75, 3.05) is 0 Å². The highest BCUT2D eigenvalue weighted by Crippen LogP contribution is 2.32. The highest BCUT2D eigenvalue weighted by atomic mass is 16.1. The van der Waals surface area contributed by atoms with Gasteiger partial charge >= 0.3 is 0 Å². The van der Waals surface area contributed by atoms with Gasteiger partial charge in [-0.25, -0.2) is 0 Å². The number of rotatable bonds is 1. The van der Waals surface area contributed by atoms with Gasteiger partial charge in [-0.3, -0.25) is 9.59 Å². The number of hydrogen-bond donors (Lipinski definition) is 0. The number of allylic oxidation sites excluding steroid dienone is 1. The van der Waals surface area contributed by atoms with Crippen LogP contribution in [0.2, 0.25) is 0 Å². The Morgan fingerprint density at radius 1 is 1.25 bits per heavy atom. The Balaban J connectivity index is 2.60. The van der Waals surface area contributed by atoms with Gasteiger partial charge in [-0.2, -0.15) is 0 Å². The van der Waals surface area contributed by atoms with Crippen molar-refractivity contribution in [3.05, 3.63) is 41.0 Å². The second-order valence-electron chi connectivity index (χ2n) is 4.74. The van der Waals surface area contributed by atoms with Gasteiger partial charge in [0.2, 0.25) is 0 Å². The highest BCUT2D eigenvalue weighted by molar-refractivity contribution is 6.08. The molecule has 0 saturated carbocycles. The first-order valence-electron chi connectivity index (χ1n) is 5.31. The van der Waals surface area contributed by atoms with Crippen LogP contribution in [0.1, 0.15) is 47.1 Å². The van der Waals surface area contributed by atoms with E-state index in [0.717, 1.165) is 5.56 Å². The Morgan fingerprint density at radius 3 is 2.56 bits per heavy atom. The normalized spacial score (nSPS) is 17.1. The van der Waals surface area contributed by atoms with Crippen molar-refractivity contribution in [1.29, 1.82) is 0 Å². The van der Waals surface area contributed by atoms with Crippen molar-refractivity contribution >= 4 is 17.6 Å². The monoisotopic (exact) mass is 214 g/mol. The van der Waals surface area contributed by atoms with E-state index in [-0.39, 0.29) is 11.6 Å². The minimum absolute atomic E-state index is 0.0111. The average molecular weight is 214 g/mol. The molecule has 0 amide bonds. The van der Waals surface area contributed by atoms with Gasteiger partial charge in [-0.05, 0) is 32.4 Å². The molecule has 16 heavy (non-hydrogen) atoms. The Hall–Kier alpha value is -1.70. The van der Waals surface area contributed by atoms with Crippen molar-refractivity contribution in [1.82, 2.24) is 0 Å². The first-order valence-corrected chi connectivity index (χ1v) is 5.31. The first-order chi connectivity index (χ1) is 7.42. The molecular weight excluding hydrogens is 200 g/mol. The molecule has 0 saturated heterocycles. The fraction of sp³-hybridized carbons (Fsp3) is 0.286. The molecule has 82 valence electrons. The van der Waals surface area contributed by atoms with E-state index < -0.39 is 5.41 Å². The van der Waals surface area contributed by atoms with Crippen LogP contribution in [0.3, 0.4) is 0 Å². The van der Waals surface area contributed by atoms with Gasteiger partial charge in [0.05, 0.1) is 0 Å². The van der Waals surface area contributed by atoms with Gasteiger partial charge in [0, 0.05) is 16.5 Å². The third-order valence-electron chi connectivity index (χ3n) is 2.97. The number of carbonyl (C=O) groups excluding carboxylic acids is 2. The molecule has 1 aromatic carbocycles. The summed E-state index contributed by atoms with van der Waals surface area (Å²) in [6.45, 7) is 5.28. The number of hydrogen-bond acceptors (Lipinski definition) is 2. The zero-order valence-corrected chi connectivity index (χ0v) is 9.70. The molecule has 1 aromatic rings. The van der Waals surface area contributed by atoms with Crippen LogP contribution in [-0.2, 0) is 0 Å². The summed E-state index contributed by atoms with van der Waals surface area (Å²) in [4.78, 5) is 23.4. The van der Waals surface area contributed by atoms with Crippen LogP contribution >= 0.6 is 0 Å². The number of ketones is 2. The van der Waals surface area contributed by atoms with Crippen molar-refractivity contribution in [2.24, 2.45) is 5.41 Å². The molecule has 0 N–H and O–H groups in total. The predicted octanol–water partition coefficient (Wildman–Crippen LogP) is 3.12. The second kappa shape index (κ2) is 3.41. The van der Waals surface area contributed by atoms with Crippen LogP contribution in [0.25, 0.3) is 6.08 Å². The molecule has 0 atom stereocenters. The molecule has 0 aromatic heterocycles. The maximum absolute atomic E-state index is 12.2. The summed E-state index contributed by atoms with van der Waals surface area (Å²) < 4.78 is 0. The largest absolute Gasteiger partial charge is 0.295 e. The Bertz CT molecular complexity index is 507. The zero-order valence-electron chi connectivity index (χ0n) is 9.70. The third kappa shape index (κ3) is 1.60. The Labute approximate surface area is 95.0 Å². The fourth-order valence-corrected chi connectivity index (χ4v) is 1.84. The SMILES string of the molecule is CC(=O)c1ccc2c(c1)C(=O)C(C)(C)C=C2. The van der Waals surface area contributed by atoms with Gasteiger partial charge < -0.3 is 0 Å². The molecule has 1 aliphatic carbocycles. The molecule has 2 rings (SSSR count). The minimum atomic E-state index is -0.470. The maximum atomic E-state index is 12.2. The molecule has 0 unspecified atom stereocenters. The topological polar surface area (TPSA) is 34.1 Å². The molecule has 0 spiro atoms. The molecule has 0 heterocycles. The molecular formula is C14H14O2. The molecule has 2 nitrogen and oxygen atoms in total. The van der Waals surface area contributed by atoms with Gasteiger partial charge in [0.25, 0.3) is 0 Å². The van der Waals surface area contributed by atoms with Gasteiger partial charge in [0.15, 0.2) is 11.6 Å². The predicted molar refractivity (Wildman–Crippen MR) is 63.6 cm³/mol. The van der Waals surface area contributed by atoms with E-state index in [1.807, 2.05) is 32.1 Å². The summed E-state index contributed by atoms with van der Waals surface area (Å²) in [7, 11) is 0. The van der Waals surface area contributed by atoms with Crippen LogP contribution in [0.15, 0.2) is 24.3 Å². The minimum Gasteiger partial charge on any atom is -0.295 e. The van der Waals surface area contributed by atoms with Gasteiger partial charge in [0.1, 0.15) is 0 Å². The summed E-state index contributed by atoms with van der Waals surface area (Å²) in [6, 6.07) is 5.29. The van der Waals surface area contributed by atoms with Crippen LogP contribution in [0.4, 0.5) is 0 Å². The van der Waals surface area contributed by atoms with E-state index in [4.69, 9.17) is 0 Å². The number of fused-ring (bicyclic) bond motifs is 1. The molecule has 0 aliphatic heterocycles. The van der Waals surface area contributed by atoms with E-state index in [9.17, 15) is 9.59 Å². The maximum Gasteiger partial charge on any atom is 0.172 e. The quantitative estimate of drug-likeness (QED) is 0.673. The van der Waals surface area contributed by atoms with Crippen molar-refractivity contribution < 1.29 is 9.59 Å². The van der Waals surface area contributed by atoms with Crippen molar-refractivity contribution in [3.63, 3.8) is 0 Å². The van der Waals surface area contributed by atoms with Crippen LogP contribution in [-0.4, -0.2) is 11.6 Å². The first kappa shape index (κ1) is 10.8. The van der Waals surface area contributed by atoms with Crippen LogP contribution in [0.5, 0.6) is 0 Å². The molecule has 2 heteroatoms. The molecule has 0 radical (unpaired) electrons. The zero-order chi connectivity index (χ0) is 11.9. The number of Topliss-reactive ketones (excluding diaryl/α,β-unsaturated/α-hetero) is 2. The lowest BCUT2D eigenvalue weighted by molar-refractivity contribution is 0.0883. The summed E-state index contributed by atoms with van der Waals surface area (Å²) in [5.41, 5.74) is 1.68. The summed E-state index contributed by atoms with van der Waals surface area (Å²) in [6.07, 6.45) is 3.85. The smallest absolute Gasteiger partial charge is 0.172 e. The molecule has 0 bridgehead atoms. The van der Waals surface area contributed by atoms with E-state index in [1.165, 1.54) is 6.92 Å². The lowest BCUT2D eigenvalue weighted by Gasteiger charge is -2.24.